The van der Waals surface area contributed by atoms with Crippen molar-refractivity contribution in [2.24, 2.45) is 5.84 Å². The Hall–Kier alpha value is -0.0300. The van der Waals surface area contributed by atoms with Gasteiger partial charge < -0.3 is 0 Å². The normalized spacial score (nSPS) is 11.0. The molecule has 0 bridgehead atoms. The molecule has 0 fully saturated rings. The van der Waals surface area contributed by atoms with Crippen LogP contribution in [-0.2, 0) is 9.59 Å². The number of amides is 2. The molecular weight excluding hydrogens is 214 g/mol. The van der Waals surface area contributed by atoms with E-state index in [2.05, 4.69) is 0 Å². The first-order chi connectivity index (χ1) is 4.76. The van der Waals surface area contributed by atoms with Gasteiger partial charge in [0, 0.05) is 6.92 Å². The van der Waals surface area contributed by atoms with Crippen LogP contribution in [0.2, 0.25) is 0 Å². The van der Waals surface area contributed by atoms with Crippen molar-refractivity contribution in [1.82, 2.24) is 5.01 Å². The molecule has 0 radical (unpaired) electrons. The maximum absolute atomic E-state index is 10.8. The molecule has 11 heavy (non-hydrogen) atoms. The van der Waals surface area contributed by atoms with E-state index < -0.39 is 15.6 Å². The number of imide groups is 1. The Morgan fingerprint density at radius 1 is 1.36 bits per heavy atom. The minimum absolute atomic E-state index is 0.243. The second kappa shape index (κ2) is 3.58. The number of alkyl halides is 3. The van der Waals surface area contributed by atoms with E-state index >= 15 is 0 Å². The fourth-order valence-corrected chi connectivity index (χ4v) is 0.553. The molecule has 0 saturated heterocycles. The second-order valence-electron chi connectivity index (χ2n) is 1.69. The molecule has 0 heterocycles. The third kappa shape index (κ3) is 3.25. The molecule has 0 aliphatic rings. The summed E-state index contributed by atoms with van der Waals surface area (Å²) in [6.07, 6.45) is 0. The highest BCUT2D eigenvalue weighted by molar-refractivity contribution is 6.76. The number of nitrogens with zero attached hydrogens (tertiary/aromatic N) is 1. The summed E-state index contributed by atoms with van der Waals surface area (Å²) in [6, 6.07) is 0. The molecule has 0 aliphatic heterocycles. The topological polar surface area (TPSA) is 63.4 Å². The Labute approximate surface area is 78.1 Å². The van der Waals surface area contributed by atoms with Gasteiger partial charge in [0.2, 0.25) is 5.91 Å². The molecule has 0 aliphatic carbocycles. The zero-order chi connectivity index (χ0) is 9.23. The molecular formula is C4H5Cl3N2O2. The van der Waals surface area contributed by atoms with Crippen LogP contribution in [0.3, 0.4) is 0 Å². The van der Waals surface area contributed by atoms with Gasteiger partial charge in [-0.1, -0.05) is 34.8 Å². The van der Waals surface area contributed by atoms with Crippen LogP contribution >= 0.6 is 34.8 Å². The molecule has 0 atom stereocenters. The molecule has 2 amide bonds. The van der Waals surface area contributed by atoms with Crippen LogP contribution in [0.1, 0.15) is 6.92 Å². The van der Waals surface area contributed by atoms with Crippen molar-refractivity contribution in [2.45, 2.75) is 10.7 Å². The Morgan fingerprint density at radius 2 is 1.73 bits per heavy atom. The van der Waals surface area contributed by atoms with Crippen LogP contribution in [0.5, 0.6) is 0 Å². The van der Waals surface area contributed by atoms with Crippen LogP contribution in [0.4, 0.5) is 0 Å². The van der Waals surface area contributed by atoms with Crippen LogP contribution in [0.15, 0.2) is 0 Å². The van der Waals surface area contributed by atoms with Gasteiger partial charge in [-0.05, 0) is 0 Å². The lowest BCUT2D eigenvalue weighted by molar-refractivity contribution is -0.143. The summed E-state index contributed by atoms with van der Waals surface area (Å²) in [7, 11) is 0. The predicted molar refractivity (Wildman–Crippen MR) is 42.0 cm³/mol. The molecule has 0 aromatic heterocycles. The molecule has 0 saturated carbocycles. The smallest absolute Gasteiger partial charge is 0.273 e. The summed E-state index contributed by atoms with van der Waals surface area (Å²) in [6.45, 7) is 1.08. The molecule has 0 aromatic carbocycles. The van der Waals surface area contributed by atoms with Crippen molar-refractivity contribution in [3.05, 3.63) is 0 Å². The van der Waals surface area contributed by atoms with Crippen LogP contribution in [0.25, 0.3) is 0 Å². The average molecular weight is 219 g/mol. The highest BCUT2D eigenvalue weighted by Crippen LogP contribution is 2.27. The maximum Gasteiger partial charge on any atom is 0.295 e. The van der Waals surface area contributed by atoms with E-state index in [1.54, 1.807) is 0 Å². The maximum atomic E-state index is 10.8. The van der Waals surface area contributed by atoms with Crippen LogP contribution in [0, 0.1) is 0 Å². The SMILES string of the molecule is CC(=O)N(N)C(=O)C(Cl)(Cl)Cl. The van der Waals surface area contributed by atoms with E-state index in [1.165, 1.54) is 0 Å². The van der Waals surface area contributed by atoms with Crippen molar-refractivity contribution in [3.63, 3.8) is 0 Å². The molecule has 0 aromatic rings. The van der Waals surface area contributed by atoms with Crippen molar-refractivity contribution in [2.75, 3.05) is 0 Å². The lowest BCUT2D eigenvalue weighted by Gasteiger charge is -2.16. The largest absolute Gasteiger partial charge is 0.295 e. The highest BCUT2D eigenvalue weighted by Gasteiger charge is 2.35. The van der Waals surface area contributed by atoms with Crippen molar-refractivity contribution in [3.8, 4) is 0 Å². The molecule has 0 unspecified atom stereocenters. The fraction of sp³-hybridized carbons (Fsp3) is 0.500. The summed E-state index contributed by atoms with van der Waals surface area (Å²) >= 11 is 15.4. The summed E-state index contributed by atoms with van der Waals surface area (Å²) in [5.74, 6) is 3.16. The van der Waals surface area contributed by atoms with Gasteiger partial charge >= 0.3 is 0 Å². The number of carbonyl (C=O) groups excluding carboxylic acids is 2. The quantitative estimate of drug-likeness (QED) is 0.281. The first-order valence-electron chi connectivity index (χ1n) is 2.43. The van der Waals surface area contributed by atoms with Crippen molar-refractivity contribution in [1.29, 1.82) is 0 Å². The monoisotopic (exact) mass is 218 g/mol. The van der Waals surface area contributed by atoms with Gasteiger partial charge in [0.15, 0.2) is 0 Å². The molecule has 7 heteroatoms. The van der Waals surface area contributed by atoms with Crippen LogP contribution in [-0.4, -0.2) is 20.6 Å². The Bertz CT molecular complexity index is 188. The standard InChI is InChI=1S/C4H5Cl3N2O2/c1-2(10)9(8)3(11)4(5,6)7/h8H2,1H3. The Morgan fingerprint density at radius 3 is 1.82 bits per heavy atom. The van der Waals surface area contributed by atoms with E-state index in [1.807, 2.05) is 0 Å². The zero-order valence-electron chi connectivity index (χ0n) is 5.47. The number of nitrogens with two attached hydrogens (primary N) is 1. The first-order valence-corrected chi connectivity index (χ1v) is 3.56. The number of halogens is 3. The number of hydrazine groups is 1. The lowest BCUT2D eigenvalue weighted by atomic mass is 10.6. The van der Waals surface area contributed by atoms with E-state index in [0.717, 1.165) is 6.92 Å². The minimum Gasteiger partial charge on any atom is -0.273 e. The number of rotatable bonds is 0. The molecule has 0 rings (SSSR count). The summed E-state index contributed by atoms with van der Waals surface area (Å²) < 4.78 is -2.18. The molecule has 4 nitrogen and oxygen atoms in total. The van der Waals surface area contributed by atoms with E-state index in [-0.39, 0.29) is 5.01 Å². The summed E-state index contributed by atoms with van der Waals surface area (Å²) in [4.78, 5) is 21.2. The van der Waals surface area contributed by atoms with E-state index in [9.17, 15) is 9.59 Å². The summed E-state index contributed by atoms with van der Waals surface area (Å²) in [5, 5.41) is 0.243. The summed E-state index contributed by atoms with van der Waals surface area (Å²) in [5.41, 5.74) is 0. The Kier molecular flexibility index (Phi) is 3.57. The van der Waals surface area contributed by atoms with Gasteiger partial charge in [0.05, 0.1) is 0 Å². The van der Waals surface area contributed by atoms with Gasteiger partial charge in [0.1, 0.15) is 0 Å². The molecule has 64 valence electrons. The first kappa shape index (κ1) is 11.0. The van der Waals surface area contributed by atoms with Crippen molar-refractivity contribution >= 4 is 46.6 Å². The highest BCUT2D eigenvalue weighted by atomic mass is 35.6. The van der Waals surface area contributed by atoms with Gasteiger partial charge in [0.25, 0.3) is 9.70 Å². The van der Waals surface area contributed by atoms with Gasteiger partial charge in [-0.2, -0.15) is 0 Å². The lowest BCUT2D eigenvalue weighted by Crippen LogP contribution is -2.47. The van der Waals surface area contributed by atoms with Gasteiger partial charge in [-0.15, -0.1) is 0 Å². The average Bonchev–Trinajstić information content (AvgIpc) is 1.82. The van der Waals surface area contributed by atoms with E-state index in [4.69, 9.17) is 40.6 Å². The fourth-order valence-electron chi connectivity index (χ4n) is 0.280. The minimum atomic E-state index is -2.18. The van der Waals surface area contributed by atoms with E-state index in [0.29, 0.717) is 0 Å². The number of hydrogen-bond donors (Lipinski definition) is 1. The van der Waals surface area contributed by atoms with Gasteiger partial charge in [-0.3, -0.25) is 9.59 Å². The third-order valence-electron chi connectivity index (χ3n) is 0.801. The molecule has 0 spiro atoms. The Balaban J connectivity index is 4.39. The molecule has 2 N–H and O–H groups in total. The third-order valence-corrected chi connectivity index (χ3v) is 1.29. The van der Waals surface area contributed by atoms with Gasteiger partial charge in [-0.25, -0.2) is 10.9 Å². The number of hydrogen-bond acceptors (Lipinski definition) is 3. The van der Waals surface area contributed by atoms with Crippen LogP contribution < -0.4 is 5.84 Å². The van der Waals surface area contributed by atoms with Crippen molar-refractivity contribution < 1.29 is 9.59 Å². The zero-order valence-corrected chi connectivity index (χ0v) is 7.74. The predicted octanol–water partition coefficient (Wildman–Crippen LogP) is 0.605. The number of carbonyl (C=O) groups is 2. The second-order valence-corrected chi connectivity index (χ2v) is 3.97.